The van der Waals surface area contributed by atoms with Gasteiger partial charge in [-0.15, -0.1) is 0 Å². The lowest BCUT2D eigenvalue weighted by Gasteiger charge is -2.12. The van der Waals surface area contributed by atoms with Crippen molar-refractivity contribution < 1.29 is 9.53 Å². The Kier molecular flexibility index (Phi) is 4.89. The number of amides is 2. The second-order valence-corrected chi connectivity index (χ2v) is 5.33. The summed E-state index contributed by atoms with van der Waals surface area (Å²) in [7, 11) is 1.59. The normalized spacial score (nSPS) is 11.6. The van der Waals surface area contributed by atoms with E-state index >= 15 is 0 Å². The number of H-pyrrole nitrogens is 1. The highest BCUT2D eigenvalue weighted by Gasteiger charge is 2.15. The lowest BCUT2D eigenvalue weighted by Crippen LogP contribution is -2.31. The maximum absolute atomic E-state index is 12.1. The van der Waals surface area contributed by atoms with Crippen molar-refractivity contribution in [3.63, 3.8) is 0 Å². The second kappa shape index (κ2) is 7.43. The number of nitrogens with one attached hydrogen (secondary N) is 3. The molecule has 0 unspecified atom stereocenters. The summed E-state index contributed by atoms with van der Waals surface area (Å²) in [5, 5.41) is 12.6. The van der Waals surface area contributed by atoms with Crippen LogP contribution in [0.3, 0.4) is 0 Å². The monoisotopic (exact) mass is 338 g/mol. The van der Waals surface area contributed by atoms with E-state index in [1.165, 1.54) is 0 Å². The number of methoxy groups -OCH3 is 1. The summed E-state index contributed by atoms with van der Waals surface area (Å²) in [5.74, 6) is 1.82. The molecule has 8 nitrogen and oxygen atoms in total. The molecule has 0 saturated heterocycles. The maximum atomic E-state index is 12.1. The van der Waals surface area contributed by atoms with Gasteiger partial charge in [0.2, 0.25) is 0 Å². The molecule has 0 spiro atoms. The van der Waals surface area contributed by atoms with E-state index in [0.717, 1.165) is 11.3 Å². The van der Waals surface area contributed by atoms with E-state index < -0.39 is 0 Å². The first-order valence-electron chi connectivity index (χ1n) is 7.70. The Bertz CT molecular complexity index is 832. The average molecular weight is 338 g/mol. The van der Waals surface area contributed by atoms with Crippen LogP contribution in [0.25, 0.3) is 11.4 Å². The smallest absolute Gasteiger partial charge is 0.319 e. The number of hydrogen-bond acceptors (Lipinski definition) is 5. The first-order valence-corrected chi connectivity index (χ1v) is 7.70. The number of pyridine rings is 1. The minimum atomic E-state index is -0.337. The van der Waals surface area contributed by atoms with Gasteiger partial charge in [-0.05, 0) is 43.3 Å². The lowest BCUT2D eigenvalue weighted by atomic mass is 10.3. The average Bonchev–Trinajstić information content (AvgIpc) is 3.13. The number of benzene rings is 1. The number of aromatic amines is 1. The third kappa shape index (κ3) is 4.11. The van der Waals surface area contributed by atoms with Gasteiger partial charge in [0.1, 0.15) is 11.6 Å². The van der Waals surface area contributed by atoms with E-state index in [1.54, 1.807) is 43.8 Å². The zero-order valence-electron chi connectivity index (χ0n) is 13.9. The fraction of sp³-hybridized carbons (Fsp3) is 0.176. The van der Waals surface area contributed by atoms with E-state index in [-0.39, 0.29) is 12.1 Å². The third-order valence-corrected chi connectivity index (χ3v) is 3.53. The minimum Gasteiger partial charge on any atom is -0.497 e. The van der Waals surface area contributed by atoms with Gasteiger partial charge in [-0.25, -0.2) is 9.78 Å². The lowest BCUT2D eigenvalue weighted by molar-refractivity contribution is 0.249. The molecule has 0 fully saturated rings. The summed E-state index contributed by atoms with van der Waals surface area (Å²) in [6.45, 7) is 1.82. The number of aromatic nitrogens is 4. The Morgan fingerprint density at radius 2 is 2.04 bits per heavy atom. The van der Waals surface area contributed by atoms with Gasteiger partial charge in [-0.1, -0.05) is 0 Å². The van der Waals surface area contributed by atoms with Crippen molar-refractivity contribution >= 4 is 11.7 Å². The summed E-state index contributed by atoms with van der Waals surface area (Å²) in [4.78, 5) is 20.5. The van der Waals surface area contributed by atoms with E-state index in [2.05, 4.69) is 30.8 Å². The molecule has 0 radical (unpaired) electrons. The Hall–Kier alpha value is -3.42. The van der Waals surface area contributed by atoms with Crippen molar-refractivity contribution in [1.82, 2.24) is 25.5 Å². The first-order chi connectivity index (χ1) is 12.2. The molecule has 0 aliphatic rings. The van der Waals surface area contributed by atoms with Crippen molar-refractivity contribution in [2.45, 2.75) is 13.0 Å². The van der Waals surface area contributed by atoms with Crippen LogP contribution >= 0.6 is 0 Å². The van der Waals surface area contributed by atoms with Crippen LogP contribution in [0.15, 0.2) is 48.8 Å². The minimum absolute atomic E-state index is 0.336. The molecule has 3 N–H and O–H groups in total. The largest absolute Gasteiger partial charge is 0.497 e. The number of ether oxygens (including phenoxy) is 1. The molecule has 0 aliphatic heterocycles. The van der Waals surface area contributed by atoms with Gasteiger partial charge in [-0.2, -0.15) is 5.10 Å². The van der Waals surface area contributed by atoms with Crippen LogP contribution in [-0.4, -0.2) is 33.3 Å². The van der Waals surface area contributed by atoms with Gasteiger partial charge < -0.3 is 15.4 Å². The van der Waals surface area contributed by atoms with Crippen molar-refractivity contribution in [3.05, 3.63) is 54.6 Å². The molecule has 2 aromatic heterocycles. The Balaban J connectivity index is 1.60. The Morgan fingerprint density at radius 1 is 1.24 bits per heavy atom. The van der Waals surface area contributed by atoms with E-state index in [0.29, 0.717) is 17.3 Å². The standard InChI is InChI=1S/C17H18N6O2/c1-11(15-21-16(23-22-15)12-4-3-9-18-10-12)19-17(24)20-13-5-7-14(25-2)8-6-13/h3-11H,1-2H3,(H2,19,20,24)(H,21,22,23)/t11-/m0/s1. The second-order valence-electron chi connectivity index (χ2n) is 5.33. The van der Waals surface area contributed by atoms with Crippen molar-refractivity contribution in [2.24, 2.45) is 0 Å². The fourth-order valence-corrected chi connectivity index (χ4v) is 2.20. The first kappa shape index (κ1) is 16.4. The predicted octanol–water partition coefficient (Wildman–Crippen LogP) is 2.76. The number of urea groups is 1. The number of hydrogen-bond donors (Lipinski definition) is 3. The summed E-state index contributed by atoms with van der Waals surface area (Å²) in [6.07, 6.45) is 3.37. The zero-order valence-corrected chi connectivity index (χ0v) is 13.9. The van der Waals surface area contributed by atoms with E-state index in [1.807, 2.05) is 19.1 Å². The van der Waals surface area contributed by atoms with Crippen molar-refractivity contribution in [2.75, 3.05) is 12.4 Å². The molecular weight excluding hydrogens is 320 g/mol. The number of nitrogens with zero attached hydrogens (tertiary/aromatic N) is 3. The molecule has 8 heteroatoms. The van der Waals surface area contributed by atoms with Crippen molar-refractivity contribution in [1.29, 1.82) is 0 Å². The molecule has 0 bridgehead atoms. The summed E-state index contributed by atoms with van der Waals surface area (Å²) < 4.78 is 5.08. The molecule has 3 rings (SSSR count). The summed E-state index contributed by atoms with van der Waals surface area (Å²) in [6, 6.07) is 10.1. The molecule has 1 atom stereocenters. The SMILES string of the molecule is COc1ccc(NC(=O)N[C@@H](C)c2nc(-c3cccnc3)n[nH]2)cc1. The Morgan fingerprint density at radius 3 is 2.72 bits per heavy atom. The van der Waals surface area contributed by atoms with Gasteiger partial charge in [0.15, 0.2) is 5.82 Å². The predicted molar refractivity (Wildman–Crippen MR) is 93.2 cm³/mol. The van der Waals surface area contributed by atoms with Crippen LogP contribution in [0.2, 0.25) is 0 Å². The highest BCUT2D eigenvalue weighted by Crippen LogP contribution is 2.17. The van der Waals surface area contributed by atoms with Gasteiger partial charge in [0.25, 0.3) is 0 Å². The van der Waals surface area contributed by atoms with Crippen LogP contribution in [-0.2, 0) is 0 Å². The van der Waals surface area contributed by atoms with Crippen molar-refractivity contribution in [3.8, 4) is 17.1 Å². The molecule has 25 heavy (non-hydrogen) atoms. The number of carbonyl (C=O) groups excluding carboxylic acids is 1. The highest BCUT2D eigenvalue weighted by molar-refractivity contribution is 5.89. The number of rotatable bonds is 5. The van der Waals surface area contributed by atoms with Crippen LogP contribution < -0.4 is 15.4 Å². The summed E-state index contributed by atoms with van der Waals surface area (Å²) >= 11 is 0. The fourth-order valence-electron chi connectivity index (χ4n) is 2.20. The van der Waals surface area contributed by atoms with E-state index in [9.17, 15) is 4.79 Å². The zero-order chi connectivity index (χ0) is 17.6. The van der Waals surface area contributed by atoms with E-state index in [4.69, 9.17) is 4.74 Å². The topological polar surface area (TPSA) is 105 Å². The van der Waals surface area contributed by atoms with Crippen LogP contribution in [0, 0.1) is 0 Å². The summed E-state index contributed by atoms with van der Waals surface area (Å²) in [5.41, 5.74) is 1.47. The molecule has 1 aromatic carbocycles. The van der Waals surface area contributed by atoms with Crippen LogP contribution in [0.5, 0.6) is 5.75 Å². The molecule has 128 valence electrons. The molecule has 0 aliphatic carbocycles. The molecule has 3 aromatic rings. The molecule has 2 amide bonds. The Labute approximate surface area is 144 Å². The van der Waals surface area contributed by atoms with Gasteiger partial charge in [-0.3, -0.25) is 10.1 Å². The maximum Gasteiger partial charge on any atom is 0.319 e. The molecular formula is C17H18N6O2. The van der Waals surface area contributed by atoms with Crippen LogP contribution in [0.1, 0.15) is 18.8 Å². The number of carbonyl (C=O) groups is 1. The van der Waals surface area contributed by atoms with Crippen LogP contribution in [0.4, 0.5) is 10.5 Å². The molecule has 0 saturated carbocycles. The van der Waals surface area contributed by atoms with Gasteiger partial charge in [0.05, 0.1) is 13.2 Å². The van der Waals surface area contributed by atoms with Gasteiger partial charge >= 0.3 is 6.03 Å². The number of anilines is 1. The molecule has 2 heterocycles. The quantitative estimate of drug-likeness (QED) is 0.663. The highest BCUT2D eigenvalue weighted by atomic mass is 16.5. The third-order valence-electron chi connectivity index (χ3n) is 3.53. The van der Waals surface area contributed by atoms with Gasteiger partial charge in [0, 0.05) is 23.6 Å².